The average molecular weight is 315 g/mol. The van der Waals surface area contributed by atoms with Gasteiger partial charge in [-0.1, -0.05) is 6.07 Å². The zero-order chi connectivity index (χ0) is 15.7. The highest BCUT2D eigenvalue weighted by molar-refractivity contribution is 7.12. The molecule has 0 bridgehead atoms. The van der Waals surface area contributed by atoms with Crippen molar-refractivity contribution in [3.63, 3.8) is 0 Å². The number of amides is 1. The second-order valence-corrected chi connectivity index (χ2v) is 6.33. The molecule has 1 amide bonds. The van der Waals surface area contributed by atoms with Crippen LogP contribution in [-0.2, 0) is 6.54 Å². The molecule has 2 heterocycles. The number of nitrogens with zero attached hydrogens (tertiary/aromatic N) is 2. The molecule has 2 N–H and O–H groups in total. The number of imidazole rings is 1. The molecule has 0 aliphatic heterocycles. The normalized spacial score (nSPS) is 11.2. The molecule has 0 unspecified atom stereocenters. The maximum Gasteiger partial charge on any atom is 0.261 e. The molecule has 0 saturated carbocycles. The summed E-state index contributed by atoms with van der Waals surface area (Å²) in [4.78, 5) is 16.9. The van der Waals surface area contributed by atoms with Crippen molar-refractivity contribution in [2.75, 3.05) is 0 Å². The third-order valence-electron chi connectivity index (χ3n) is 3.46. The van der Waals surface area contributed by atoms with Gasteiger partial charge in [0, 0.05) is 24.0 Å². The third-order valence-corrected chi connectivity index (χ3v) is 4.37. The van der Waals surface area contributed by atoms with Crippen LogP contribution in [0.5, 0.6) is 5.75 Å². The summed E-state index contributed by atoms with van der Waals surface area (Å²) in [5, 5.41) is 13.7. The van der Waals surface area contributed by atoms with Crippen LogP contribution >= 0.6 is 11.3 Å². The molecule has 0 saturated heterocycles. The van der Waals surface area contributed by atoms with Crippen molar-refractivity contribution in [1.82, 2.24) is 14.9 Å². The molecular formula is C16H17N3O2S. The maximum atomic E-state index is 12.0. The van der Waals surface area contributed by atoms with Gasteiger partial charge in [0.25, 0.3) is 5.91 Å². The van der Waals surface area contributed by atoms with E-state index in [0.29, 0.717) is 17.5 Å². The van der Waals surface area contributed by atoms with E-state index in [4.69, 9.17) is 0 Å². The summed E-state index contributed by atoms with van der Waals surface area (Å²) in [6.45, 7) is 4.66. The second kappa shape index (κ2) is 5.81. The molecule has 0 radical (unpaired) electrons. The minimum absolute atomic E-state index is 0.123. The summed E-state index contributed by atoms with van der Waals surface area (Å²) in [6.07, 6.45) is 1.84. The molecule has 3 rings (SSSR count). The Morgan fingerprint density at radius 1 is 1.41 bits per heavy atom. The molecule has 5 nitrogen and oxygen atoms in total. The van der Waals surface area contributed by atoms with Gasteiger partial charge >= 0.3 is 0 Å². The van der Waals surface area contributed by atoms with E-state index in [-0.39, 0.29) is 11.7 Å². The number of aromatic hydroxyl groups is 1. The first-order valence-corrected chi connectivity index (χ1v) is 7.93. The molecule has 0 spiro atoms. The average Bonchev–Trinajstić information content (AvgIpc) is 3.10. The number of carbonyl (C=O) groups is 1. The first-order valence-electron chi connectivity index (χ1n) is 7.06. The zero-order valence-electron chi connectivity index (χ0n) is 12.4. The van der Waals surface area contributed by atoms with Gasteiger partial charge in [0.05, 0.1) is 22.2 Å². The first-order chi connectivity index (χ1) is 10.5. The monoisotopic (exact) mass is 315 g/mol. The Hall–Kier alpha value is -2.34. The molecule has 0 aliphatic rings. The van der Waals surface area contributed by atoms with Crippen LogP contribution in [0, 0.1) is 0 Å². The fourth-order valence-electron chi connectivity index (χ4n) is 2.31. The lowest BCUT2D eigenvalue weighted by Crippen LogP contribution is -2.21. The van der Waals surface area contributed by atoms with Crippen LogP contribution in [0.25, 0.3) is 11.0 Å². The Kier molecular flexibility index (Phi) is 3.85. The Bertz CT molecular complexity index is 820. The number of thiophene rings is 1. The van der Waals surface area contributed by atoms with Crippen LogP contribution in [0.1, 0.15) is 35.1 Å². The molecule has 0 atom stereocenters. The van der Waals surface area contributed by atoms with E-state index >= 15 is 0 Å². The molecule has 3 aromatic rings. The van der Waals surface area contributed by atoms with Crippen LogP contribution in [0.15, 0.2) is 36.0 Å². The van der Waals surface area contributed by atoms with Crippen molar-refractivity contribution in [2.24, 2.45) is 0 Å². The largest absolute Gasteiger partial charge is 0.507 e. The highest BCUT2D eigenvalue weighted by Crippen LogP contribution is 2.21. The van der Waals surface area contributed by atoms with Crippen molar-refractivity contribution >= 4 is 28.3 Å². The molecule has 0 fully saturated rings. The number of benzene rings is 1. The molecule has 1 aromatic carbocycles. The SMILES string of the molecule is CC(C)n1cnc2ccc(CNC(=O)c3cc(O)cs3)cc21. The lowest BCUT2D eigenvalue weighted by atomic mass is 10.2. The minimum Gasteiger partial charge on any atom is -0.507 e. The molecule has 6 heteroatoms. The van der Waals surface area contributed by atoms with E-state index in [1.807, 2.05) is 18.5 Å². The van der Waals surface area contributed by atoms with Crippen molar-refractivity contribution in [2.45, 2.75) is 26.4 Å². The fraction of sp³-hybridized carbons (Fsp3) is 0.250. The van der Waals surface area contributed by atoms with Gasteiger partial charge < -0.3 is 15.0 Å². The number of nitrogens with one attached hydrogen (secondary N) is 1. The Morgan fingerprint density at radius 3 is 2.91 bits per heavy atom. The summed E-state index contributed by atoms with van der Waals surface area (Å²) >= 11 is 1.23. The van der Waals surface area contributed by atoms with Crippen molar-refractivity contribution < 1.29 is 9.90 Å². The number of rotatable bonds is 4. The van der Waals surface area contributed by atoms with Crippen LogP contribution in [0.3, 0.4) is 0 Å². The standard InChI is InChI=1S/C16H17N3O2S/c1-10(2)19-9-18-13-4-3-11(5-14(13)19)7-17-16(21)15-6-12(20)8-22-15/h3-6,8-10,20H,7H2,1-2H3,(H,17,21). The molecule has 0 aliphatic carbocycles. The quantitative estimate of drug-likeness (QED) is 0.776. The predicted octanol–water partition coefficient (Wildman–Crippen LogP) is 3.31. The van der Waals surface area contributed by atoms with Crippen LogP contribution in [0.2, 0.25) is 0 Å². The summed E-state index contributed by atoms with van der Waals surface area (Å²) in [5.74, 6) is -0.0554. The van der Waals surface area contributed by atoms with Gasteiger partial charge in [-0.3, -0.25) is 4.79 Å². The van der Waals surface area contributed by atoms with E-state index < -0.39 is 0 Å². The minimum atomic E-state index is -0.178. The van der Waals surface area contributed by atoms with Gasteiger partial charge in [-0.15, -0.1) is 11.3 Å². The highest BCUT2D eigenvalue weighted by Gasteiger charge is 2.10. The van der Waals surface area contributed by atoms with E-state index in [1.165, 1.54) is 17.4 Å². The van der Waals surface area contributed by atoms with Crippen molar-refractivity contribution in [1.29, 1.82) is 0 Å². The molecule has 22 heavy (non-hydrogen) atoms. The highest BCUT2D eigenvalue weighted by atomic mass is 32.1. The van der Waals surface area contributed by atoms with Crippen LogP contribution in [0.4, 0.5) is 0 Å². The van der Waals surface area contributed by atoms with Gasteiger partial charge in [-0.2, -0.15) is 0 Å². The van der Waals surface area contributed by atoms with E-state index in [1.54, 1.807) is 5.38 Å². The molecule has 114 valence electrons. The second-order valence-electron chi connectivity index (χ2n) is 5.42. The number of hydrogen-bond donors (Lipinski definition) is 2. The van der Waals surface area contributed by atoms with Crippen molar-refractivity contribution in [3.05, 3.63) is 46.4 Å². The summed E-state index contributed by atoms with van der Waals surface area (Å²) in [6, 6.07) is 7.79. The number of fused-ring (bicyclic) bond motifs is 1. The summed E-state index contributed by atoms with van der Waals surface area (Å²) in [7, 11) is 0. The van der Waals surface area contributed by atoms with Crippen molar-refractivity contribution in [3.8, 4) is 5.75 Å². The summed E-state index contributed by atoms with van der Waals surface area (Å²) in [5.41, 5.74) is 3.03. The zero-order valence-corrected chi connectivity index (χ0v) is 13.2. The summed E-state index contributed by atoms with van der Waals surface area (Å²) < 4.78 is 2.11. The van der Waals surface area contributed by atoms with Crippen LogP contribution < -0.4 is 5.32 Å². The van der Waals surface area contributed by atoms with E-state index in [2.05, 4.69) is 34.8 Å². The van der Waals surface area contributed by atoms with Gasteiger partial charge in [0.2, 0.25) is 0 Å². The number of hydrogen-bond acceptors (Lipinski definition) is 4. The van der Waals surface area contributed by atoms with E-state index in [0.717, 1.165) is 16.6 Å². The Morgan fingerprint density at radius 2 is 2.23 bits per heavy atom. The first kappa shape index (κ1) is 14.6. The molecular weight excluding hydrogens is 298 g/mol. The van der Waals surface area contributed by atoms with Gasteiger partial charge in [0.15, 0.2) is 0 Å². The van der Waals surface area contributed by atoms with Gasteiger partial charge in [-0.05, 0) is 31.5 Å². The van der Waals surface area contributed by atoms with Gasteiger partial charge in [-0.25, -0.2) is 4.98 Å². The topological polar surface area (TPSA) is 67.2 Å². The van der Waals surface area contributed by atoms with E-state index in [9.17, 15) is 9.90 Å². The third kappa shape index (κ3) is 2.82. The Balaban J connectivity index is 1.76. The lowest BCUT2D eigenvalue weighted by molar-refractivity contribution is 0.0954. The predicted molar refractivity (Wildman–Crippen MR) is 87.3 cm³/mol. The maximum absolute atomic E-state index is 12.0. The smallest absolute Gasteiger partial charge is 0.261 e. The Labute approximate surface area is 132 Å². The number of aromatic nitrogens is 2. The molecule has 2 aromatic heterocycles. The fourth-order valence-corrected chi connectivity index (χ4v) is 2.99. The van der Waals surface area contributed by atoms with Crippen LogP contribution in [-0.4, -0.2) is 20.6 Å². The lowest BCUT2D eigenvalue weighted by Gasteiger charge is -2.09. The van der Waals surface area contributed by atoms with Gasteiger partial charge in [0.1, 0.15) is 5.75 Å². The number of carbonyl (C=O) groups excluding carboxylic acids is 1.